The quantitative estimate of drug-likeness (QED) is 0.762. The van der Waals surface area contributed by atoms with Gasteiger partial charge in [-0.2, -0.15) is 0 Å². The SMILES string of the molecule is CNS(=O)(=O)c1cc(C(=O)OCC(=O)N2[C@H](C)CCC[C@@H]2C)ccc1Cl. The highest BCUT2D eigenvalue weighted by molar-refractivity contribution is 7.89. The Morgan fingerprint density at radius 2 is 1.88 bits per heavy atom. The summed E-state index contributed by atoms with van der Waals surface area (Å²) in [7, 11) is -2.57. The lowest BCUT2D eigenvalue weighted by Crippen LogP contribution is -2.49. The predicted octanol–water partition coefficient (Wildman–Crippen LogP) is 2.19. The van der Waals surface area contributed by atoms with Gasteiger partial charge >= 0.3 is 5.97 Å². The highest BCUT2D eigenvalue weighted by Gasteiger charge is 2.29. The van der Waals surface area contributed by atoms with Crippen molar-refractivity contribution in [1.82, 2.24) is 9.62 Å². The number of carbonyl (C=O) groups excluding carboxylic acids is 2. The van der Waals surface area contributed by atoms with Crippen molar-refractivity contribution in [3.8, 4) is 0 Å². The van der Waals surface area contributed by atoms with Crippen molar-refractivity contribution in [1.29, 1.82) is 0 Å². The Morgan fingerprint density at radius 1 is 1.27 bits per heavy atom. The van der Waals surface area contributed by atoms with Crippen molar-refractivity contribution in [2.75, 3.05) is 13.7 Å². The normalized spacial score (nSPS) is 20.7. The Kier molecular flexibility index (Phi) is 6.65. The first-order valence-corrected chi connectivity index (χ1v) is 10.2. The van der Waals surface area contributed by atoms with Crippen LogP contribution in [0.4, 0.5) is 0 Å². The third-order valence-corrected chi connectivity index (χ3v) is 6.43. The second-order valence-corrected chi connectivity index (χ2v) is 8.62. The van der Waals surface area contributed by atoms with Crippen LogP contribution in [0.1, 0.15) is 43.5 Å². The largest absolute Gasteiger partial charge is 0.452 e. The van der Waals surface area contributed by atoms with Gasteiger partial charge in [0.1, 0.15) is 4.90 Å². The van der Waals surface area contributed by atoms with Gasteiger partial charge in [-0.05, 0) is 58.4 Å². The van der Waals surface area contributed by atoms with Gasteiger partial charge in [0.05, 0.1) is 10.6 Å². The van der Waals surface area contributed by atoms with Gasteiger partial charge in [-0.15, -0.1) is 0 Å². The van der Waals surface area contributed by atoms with E-state index in [1.54, 1.807) is 4.90 Å². The predicted molar refractivity (Wildman–Crippen MR) is 97.6 cm³/mol. The fourth-order valence-corrected chi connectivity index (χ4v) is 4.39. The summed E-state index contributed by atoms with van der Waals surface area (Å²) in [5.74, 6) is -1.03. The molecule has 1 N–H and O–H groups in total. The van der Waals surface area contributed by atoms with Crippen LogP contribution in [0.2, 0.25) is 5.02 Å². The number of hydrogen-bond acceptors (Lipinski definition) is 5. The molecule has 2 rings (SSSR count). The molecule has 1 aromatic carbocycles. The summed E-state index contributed by atoms with van der Waals surface area (Å²) in [6.07, 6.45) is 2.91. The topological polar surface area (TPSA) is 92.8 Å². The van der Waals surface area contributed by atoms with E-state index in [4.69, 9.17) is 16.3 Å². The molecule has 144 valence electrons. The molecule has 1 aliphatic rings. The minimum atomic E-state index is -3.81. The molecule has 1 amide bonds. The lowest BCUT2D eigenvalue weighted by atomic mass is 9.97. The maximum absolute atomic E-state index is 12.4. The van der Waals surface area contributed by atoms with E-state index >= 15 is 0 Å². The number of hydrogen-bond donors (Lipinski definition) is 1. The second-order valence-electron chi connectivity index (χ2n) is 6.36. The molecule has 9 heteroatoms. The Bertz CT molecular complexity index is 786. The van der Waals surface area contributed by atoms with Crippen molar-refractivity contribution in [3.05, 3.63) is 28.8 Å². The zero-order valence-corrected chi connectivity index (χ0v) is 16.6. The van der Waals surface area contributed by atoms with Gasteiger partial charge in [-0.3, -0.25) is 4.79 Å². The monoisotopic (exact) mass is 402 g/mol. The Labute approximate surface area is 158 Å². The van der Waals surface area contributed by atoms with E-state index in [1.165, 1.54) is 19.2 Å². The van der Waals surface area contributed by atoms with Crippen molar-refractivity contribution in [2.24, 2.45) is 0 Å². The maximum atomic E-state index is 12.4. The van der Waals surface area contributed by atoms with Gasteiger partial charge < -0.3 is 9.64 Å². The molecule has 1 fully saturated rings. The second kappa shape index (κ2) is 8.37. The third kappa shape index (κ3) is 4.55. The van der Waals surface area contributed by atoms with Crippen LogP contribution in [0, 0.1) is 0 Å². The van der Waals surface area contributed by atoms with Gasteiger partial charge in [0.25, 0.3) is 5.91 Å². The molecule has 0 aliphatic carbocycles. The highest BCUT2D eigenvalue weighted by atomic mass is 35.5. The number of halogens is 1. The van der Waals surface area contributed by atoms with Crippen LogP contribution in [-0.2, 0) is 19.6 Å². The molecule has 0 unspecified atom stereocenters. The van der Waals surface area contributed by atoms with Gasteiger partial charge in [0.2, 0.25) is 10.0 Å². The van der Waals surface area contributed by atoms with Crippen molar-refractivity contribution in [3.63, 3.8) is 0 Å². The lowest BCUT2D eigenvalue weighted by Gasteiger charge is -2.38. The molecule has 0 aromatic heterocycles. The average Bonchev–Trinajstić information content (AvgIpc) is 2.59. The molecule has 0 saturated carbocycles. The minimum absolute atomic E-state index is 0.00997. The number of ether oxygens (including phenoxy) is 1. The Hall–Kier alpha value is -1.64. The number of nitrogens with one attached hydrogen (secondary N) is 1. The lowest BCUT2D eigenvalue weighted by molar-refractivity contribution is -0.140. The van der Waals surface area contributed by atoms with E-state index in [-0.39, 0.29) is 40.1 Å². The standard InChI is InChI=1S/C17H23ClN2O5S/c1-11-5-4-6-12(2)20(11)16(21)10-25-17(22)13-7-8-14(18)15(9-13)26(23,24)19-3/h7-9,11-12,19H,4-6,10H2,1-3H3/t11-,12+. The van der Waals surface area contributed by atoms with E-state index in [1.807, 2.05) is 13.8 Å². The molecule has 0 bridgehead atoms. The summed E-state index contributed by atoms with van der Waals surface area (Å²) in [5, 5.41) is -0.0112. The number of esters is 1. The first kappa shape index (κ1) is 20.7. The van der Waals surface area contributed by atoms with E-state index in [0.717, 1.165) is 25.3 Å². The zero-order valence-electron chi connectivity index (χ0n) is 15.0. The number of amides is 1. The molecule has 0 radical (unpaired) electrons. The summed E-state index contributed by atoms with van der Waals surface area (Å²) in [6.45, 7) is 3.57. The molecular weight excluding hydrogens is 380 g/mol. The fourth-order valence-electron chi connectivity index (χ4n) is 3.14. The van der Waals surface area contributed by atoms with E-state index in [9.17, 15) is 18.0 Å². The van der Waals surface area contributed by atoms with Gasteiger partial charge in [-0.1, -0.05) is 11.6 Å². The molecule has 2 atom stereocenters. The number of likely N-dealkylation sites (tertiary alicyclic amines) is 1. The fraction of sp³-hybridized carbons (Fsp3) is 0.529. The number of piperidine rings is 1. The smallest absolute Gasteiger partial charge is 0.338 e. The summed E-state index contributed by atoms with van der Waals surface area (Å²) in [5.41, 5.74) is 0.00997. The number of rotatable bonds is 5. The first-order chi connectivity index (χ1) is 12.2. The Balaban J connectivity index is 2.08. The van der Waals surface area contributed by atoms with E-state index in [0.29, 0.717) is 0 Å². The van der Waals surface area contributed by atoms with Crippen LogP contribution in [0.15, 0.2) is 23.1 Å². The van der Waals surface area contributed by atoms with Gasteiger partial charge in [0.15, 0.2) is 6.61 Å². The molecule has 1 aromatic rings. The molecule has 0 spiro atoms. The zero-order chi connectivity index (χ0) is 19.5. The molecular formula is C17H23ClN2O5S. The van der Waals surface area contributed by atoms with Crippen LogP contribution in [-0.4, -0.2) is 50.9 Å². The van der Waals surface area contributed by atoms with Crippen molar-refractivity contribution >= 4 is 33.5 Å². The summed E-state index contributed by atoms with van der Waals surface area (Å²) < 4.78 is 31.1. The maximum Gasteiger partial charge on any atom is 0.338 e. The van der Waals surface area contributed by atoms with Crippen molar-refractivity contribution in [2.45, 2.75) is 50.1 Å². The van der Waals surface area contributed by atoms with Gasteiger partial charge in [0, 0.05) is 12.1 Å². The van der Waals surface area contributed by atoms with Crippen LogP contribution < -0.4 is 4.72 Å². The first-order valence-electron chi connectivity index (χ1n) is 8.38. The molecule has 1 saturated heterocycles. The summed E-state index contributed by atoms with van der Waals surface area (Å²) in [6, 6.07) is 4.00. The number of nitrogens with zero attached hydrogens (tertiary/aromatic N) is 1. The highest BCUT2D eigenvalue weighted by Crippen LogP contribution is 2.24. The Morgan fingerprint density at radius 3 is 2.46 bits per heavy atom. The van der Waals surface area contributed by atoms with Crippen LogP contribution in [0.5, 0.6) is 0 Å². The van der Waals surface area contributed by atoms with E-state index < -0.39 is 16.0 Å². The van der Waals surface area contributed by atoms with Crippen LogP contribution in [0.25, 0.3) is 0 Å². The van der Waals surface area contributed by atoms with Gasteiger partial charge in [-0.25, -0.2) is 17.9 Å². The number of benzene rings is 1. The van der Waals surface area contributed by atoms with Crippen LogP contribution in [0.3, 0.4) is 0 Å². The molecule has 26 heavy (non-hydrogen) atoms. The van der Waals surface area contributed by atoms with E-state index in [2.05, 4.69) is 4.72 Å². The van der Waals surface area contributed by atoms with Crippen molar-refractivity contribution < 1.29 is 22.7 Å². The average molecular weight is 403 g/mol. The molecule has 1 aliphatic heterocycles. The minimum Gasteiger partial charge on any atom is -0.452 e. The molecule has 1 heterocycles. The number of carbonyl (C=O) groups is 2. The summed E-state index contributed by atoms with van der Waals surface area (Å²) in [4.78, 5) is 26.1. The van der Waals surface area contributed by atoms with Crippen LogP contribution >= 0.6 is 11.6 Å². The third-order valence-electron chi connectivity index (χ3n) is 4.53. The molecule has 7 nitrogen and oxygen atoms in total. The summed E-state index contributed by atoms with van der Waals surface area (Å²) >= 11 is 5.89. The number of sulfonamides is 1.